The Balaban J connectivity index is 1.56. The number of aliphatic hydroxyl groups excluding tert-OH is 3. The first-order chi connectivity index (χ1) is 17.9. The van der Waals surface area contributed by atoms with Gasteiger partial charge in [0.2, 0.25) is 5.78 Å². The molecule has 1 aromatic heterocycles. The van der Waals surface area contributed by atoms with Crippen LogP contribution < -0.4 is 15.1 Å². The predicted octanol–water partition coefficient (Wildman–Crippen LogP) is 0.737. The predicted molar refractivity (Wildman–Crippen MR) is 122 cm³/mol. The molecule has 2 aliphatic heterocycles. The van der Waals surface area contributed by atoms with Crippen molar-refractivity contribution in [2.75, 3.05) is 7.11 Å². The molecular weight excluding hydrogens is 508 g/mol. The lowest BCUT2D eigenvalue weighted by Crippen LogP contribution is -2.58. The van der Waals surface area contributed by atoms with Crippen molar-refractivity contribution in [1.29, 1.82) is 0 Å². The minimum absolute atomic E-state index is 0.165. The molecule has 0 radical (unpaired) electrons. The van der Waals surface area contributed by atoms with Crippen LogP contribution in [0.3, 0.4) is 0 Å². The van der Waals surface area contributed by atoms with Crippen molar-refractivity contribution in [1.82, 2.24) is 0 Å². The van der Waals surface area contributed by atoms with Crippen LogP contribution in [0.1, 0.15) is 49.8 Å². The van der Waals surface area contributed by atoms with Crippen molar-refractivity contribution in [3.63, 3.8) is 0 Å². The lowest BCUT2D eigenvalue weighted by molar-refractivity contribution is -0.260. The molecule has 0 amide bonds. The molecule has 6 rings (SSSR count). The monoisotopic (exact) mass is 526 g/mol. The van der Waals surface area contributed by atoms with Gasteiger partial charge in [0.05, 0.1) is 23.8 Å². The van der Waals surface area contributed by atoms with Crippen molar-refractivity contribution in [2.24, 2.45) is 0 Å². The second kappa shape index (κ2) is 7.47. The van der Waals surface area contributed by atoms with E-state index in [1.165, 1.54) is 19.1 Å². The molecular formula is C25H18O13. The molecule has 0 bridgehead atoms. The number of methoxy groups -OCH3 is 1. The number of aromatic hydroxyl groups is 3. The normalized spacial score (nSPS) is 25.4. The van der Waals surface area contributed by atoms with E-state index in [0.29, 0.717) is 0 Å². The maximum Gasteiger partial charge on any atom is 0.347 e. The van der Waals surface area contributed by atoms with E-state index in [2.05, 4.69) is 0 Å². The summed E-state index contributed by atoms with van der Waals surface area (Å²) in [5.74, 6) is -8.84. The zero-order chi connectivity index (χ0) is 27.4. The Hall–Kier alpha value is -4.59. The average Bonchev–Trinajstić information content (AvgIpc) is 3.16. The Morgan fingerprint density at radius 1 is 0.921 bits per heavy atom. The molecule has 3 heterocycles. The van der Waals surface area contributed by atoms with Gasteiger partial charge in [-0.15, -0.1) is 0 Å². The van der Waals surface area contributed by atoms with Crippen LogP contribution in [0.2, 0.25) is 0 Å². The molecule has 196 valence electrons. The fraction of sp³-hybridized carbons (Fsp3) is 0.240. The van der Waals surface area contributed by atoms with Crippen LogP contribution in [0.4, 0.5) is 0 Å². The third-order valence-electron chi connectivity index (χ3n) is 6.96. The van der Waals surface area contributed by atoms with Crippen molar-refractivity contribution in [3.05, 3.63) is 62.4 Å². The van der Waals surface area contributed by atoms with Gasteiger partial charge in [-0.25, -0.2) is 4.79 Å². The summed E-state index contributed by atoms with van der Waals surface area (Å²) in [6, 6.07) is 2.68. The van der Waals surface area contributed by atoms with Crippen LogP contribution in [0.5, 0.6) is 28.7 Å². The van der Waals surface area contributed by atoms with Crippen LogP contribution in [0.25, 0.3) is 10.8 Å². The first-order valence-corrected chi connectivity index (χ1v) is 11.1. The number of ether oxygens (including phenoxy) is 3. The molecule has 0 saturated carbocycles. The quantitative estimate of drug-likeness (QED) is 0.242. The fourth-order valence-electron chi connectivity index (χ4n) is 5.19. The molecule has 13 nitrogen and oxygen atoms in total. The zero-order valence-electron chi connectivity index (χ0n) is 19.5. The molecule has 3 aliphatic rings. The highest BCUT2D eigenvalue weighted by molar-refractivity contribution is 6.26. The van der Waals surface area contributed by atoms with Gasteiger partial charge in [-0.1, -0.05) is 0 Å². The van der Waals surface area contributed by atoms with Gasteiger partial charge in [-0.3, -0.25) is 9.59 Å². The summed E-state index contributed by atoms with van der Waals surface area (Å²) >= 11 is 0. The SMILES string of the molecule is COC1=CC(=O)c2c(O)c3c(c(O)c2C1=O)O[C@]1(Oc2c(cc4cc(C)oc(=O)c4c2O)[C@@H](O)[C@H]1O)[C@@H]3O. The van der Waals surface area contributed by atoms with Crippen LogP contribution >= 0.6 is 0 Å². The summed E-state index contributed by atoms with van der Waals surface area (Å²) in [6.45, 7) is 1.49. The molecule has 2 aromatic carbocycles. The maximum atomic E-state index is 12.8. The van der Waals surface area contributed by atoms with Gasteiger partial charge in [0.25, 0.3) is 0 Å². The molecule has 4 atom stereocenters. The second-order valence-corrected chi connectivity index (χ2v) is 9.07. The minimum Gasteiger partial charge on any atom is -0.507 e. The third-order valence-corrected chi connectivity index (χ3v) is 6.96. The molecule has 13 heteroatoms. The fourth-order valence-corrected chi connectivity index (χ4v) is 5.19. The first kappa shape index (κ1) is 23.8. The van der Waals surface area contributed by atoms with Gasteiger partial charge >= 0.3 is 11.4 Å². The van der Waals surface area contributed by atoms with Gasteiger partial charge in [0.15, 0.2) is 46.7 Å². The smallest absolute Gasteiger partial charge is 0.347 e. The number of carbonyl (C=O) groups excluding carboxylic acids is 2. The maximum absolute atomic E-state index is 12.8. The number of phenolic OH excluding ortho intramolecular Hbond substituents is 3. The summed E-state index contributed by atoms with van der Waals surface area (Å²) in [7, 11) is 1.12. The van der Waals surface area contributed by atoms with Gasteiger partial charge in [0, 0.05) is 11.6 Å². The number of phenols is 3. The minimum atomic E-state index is -2.71. The molecule has 0 fully saturated rings. The van der Waals surface area contributed by atoms with Gasteiger partial charge in [0.1, 0.15) is 23.0 Å². The van der Waals surface area contributed by atoms with Crippen LogP contribution in [0.15, 0.2) is 33.2 Å². The number of Topliss-reactive ketones (excluding diaryl/α,β-unsaturated/α-hetero) is 1. The zero-order valence-corrected chi connectivity index (χ0v) is 19.5. The number of aliphatic hydroxyl groups is 3. The number of aryl methyl sites for hydroxylation is 1. The topological polar surface area (TPSA) is 213 Å². The highest BCUT2D eigenvalue weighted by Crippen LogP contribution is 2.60. The van der Waals surface area contributed by atoms with Crippen molar-refractivity contribution >= 4 is 22.3 Å². The largest absolute Gasteiger partial charge is 0.507 e. The number of benzene rings is 2. The van der Waals surface area contributed by atoms with E-state index in [-0.39, 0.29) is 22.1 Å². The van der Waals surface area contributed by atoms with Gasteiger partial charge in [-0.05, 0) is 24.4 Å². The van der Waals surface area contributed by atoms with Crippen LogP contribution in [0, 0.1) is 6.92 Å². The molecule has 1 aliphatic carbocycles. The van der Waals surface area contributed by atoms with Gasteiger partial charge < -0.3 is 49.3 Å². The van der Waals surface area contributed by atoms with Crippen LogP contribution in [-0.4, -0.2) is 61.2 Å². The van der Waals surface area contributed by atoms with Gasteiger partial charge in [-0.2, -0.15) is 0 Å². The number of rotatable bonds is 1. The summed E-state index contributed by atoms with van der Waals surface area (Å²) < 4.78 is 21.2. The summed E-state index contributed by atoms with van der Waals surface area (Å²) in [5, 5.41) is 65.9. The molecule has 3 aromatic rings. The highest BCUT2D eigenvalue weighted by atomic mass is 16.7. The molecule has 0 unspecified atom stereocenters. The van der Waals surface area contributed by atoms with Crippen molar-refractivity contribution < 1.29 is 58.9 Å². The Kier molecular flexibility index (Phi) is 4.68. The molecule has 1 spiro atoms. The number of carbonyl (C=O) groups is 2. The van der Waals surface area contributed by atoms with Crippen molar-refractivity contribution in [2.45, 2.75) is 31.0 Å². The molecule has 38 heavy (non-hydrogen) atoms. The number of allylic oxidation sites excluding steroid dienone is 2. The summed E-state index contributed by atoms with van der Waals surface area (Å²) in [5.41, 5.74) is -3.06. The van der Waals surface area contributed by atoms with E-state index in [9.17, 15) is 45.0 Å². The Morgan fingerprint density at radius 3 is 2.29 bits per heavy atom. The first-order valence-electron chi connectivity index (χ1n) is 11.1. The molecule has 6 N–H and O–H groups in total. The Labute approximate surface area is 211 Å². The van der Waals surface area contributed by atoms with E-state index >= 15 is 0 Å². The lowest BCUT2D eigenvalue weighted by atomic mass is 9.85. The molecule has 0 saturated heterocycles. The van der Waals surface area contributed by atoms with E-state index in [1.54, 1.807) is 0 Å². The highest BCUT2D eigenvalue weighted by Gasteiger charge is 2.64. The average molecular weight is 526 g/mol. The van der Waals surface area contributed by atoms with E-state index in [4.69, 9.17) is 18.6 Å². The van der Waals surface area contributed by atoms with E-state index in [0.717, 1.165) is 13.2 Å². The van der Waals surface area contributed by atoms with E-state index < -0.39 is 92.5 Å². The Bertz CT molecular complexity index is 1720. The summed E-state index contributed by atoms with van der Waals surface area (Å²) in [6.07, 6.45) is -5.41. The second-order valence-electron chi connectivity index (χ2n) is 9.07. The van der Waals surface area contributed by atoms with Crippen molar-refractivity contribution in [3.8, 4) is 28.7 Å². The lowest BCUT2D eigenvalue weighted by Gasteiger charge is -2.42. The third kappa shape index (κ3) is 2.72. The Morgan fingerprint density at radius 2 is 1.61 bits per heavy atom. The van der Waals surface area contributed by atoms with Crippen LogP contribution in [-0.2, 0) is 4.74 Å². The van der Waals surface area contributed by atoms with E-state index in [1.807, 2.05) is 0 Å². The number of hydrogen-bond acceptors (Lipinski definition) is 13. The standard InChI is InChI=1S/C25H18O13/c1-6-3-7-4-8-15(27)23(33)25(37-20(8)18(30)11(7)24(34)36-6)22(32)14-17(29)12-9(26)5-10(35-2)16(28)13(12)19(31)21(14)38-25/h3-5,15,22-23,27,29-33H,1-2H3/t15-,22-,23-,25-/m1/s1. The summed E-state index contributed by atoms with van der Waals surface area (Å²) in [4.78, 5) is 37.9. The number of fused-ring (bicyclic) bond motifs is 4. The number of ketones is 2. The number of hydrogen-bond donors (Lipinski definition) is 6.